The highest BCUT2D eigenvalue weighted by Crippen LogP contribution is 2.30. The lowest BCUT2D eigenvalue weighted by molar-refractivity contribution is -0.385. The van der Waals surface area contributed by atoms with Crippen LogP contribution in [0.5, 0.6) is 0 Å². The molecule has 1 heterocycles. The summed E-state index contributed by atoms with van der Waals surface area (Å²) in [6, 6.07) is 9.08. The maximum Gasteiger partial charge on any atom is 0.271 e. The number of benzene rings is 2. The Hall–Kier alpha value is -2.74. The van der Waals surface area contributed by atoms with Crippen LogP contribution in [0.25, 0.3) is 0 Å². The molecule has 0 fully saturated rings. The third kappa shape index (κ3) is 3.45. The first-order valence-corrected chi connectivity index (χ1v) is 9.97. The van der Waals surface area contributed by atoms with Gasteiger partial charge in [-0.05, 0) is 37.5 Å². The maximum absolute atomic E-state index is 13.0. The molecule has 0 saturated heterocycles. The first-order valence-electron chi connectivity index (χ1n) is 8.08. The van der Waals surface area contributed by atoms with Gasteiger partial charge in [-0.15, -0.1) is 0 Å². The van der Waals surface area contributed by atoms with Crippen molar-refractivity contribution >= 4 is 27.1 Å². The highest BCUT2D eigenvalue weighted by molar-refractivity contribution is 7.90. The zero-order valence-electron chi connectivity index (χ0n) is 14.4. The molecule has 0 radical (unpaired) electrons. The van der Waals surface area contributed by atoms with Crippen LogP contribution in [0.15, 0.2) is 41.3 Å². The summed E-state index contributed by atoms with van der Waals surface area (Å²) in [5.41, 5.74) is 2.47. The van der Waals surface area contributed by atoms with Crippen molar-refractivity contribution in [1.82, 2.24) is 0 Å². The molecule has 0 spiro atoms. The maximum atomic E-state index is 13.0. The van der Waals surface area contributed by atoms with Crippen molar-refractivity contribution in [3.63, 3.8) is 0 Å². The van der Waals surface area contributed by atoms with E-state index >= 15 is 0 Å². The molecule has 0 saturated carbocycles. The van der Waals surface area contributed by atoms with Crippen LogP contribution in [0.3, 0.4) is 0 Å². The zero-order valence-corrected chi connectivity index (χ0v) is 15.2. The Bertz CT molecular complexity index is 1010. The topological polar surface area (TPSA) is 97.6 Å². The number of aryl methyl sites for hydroxylation is 2. The number of nitro groups is 1. The van der Waals surface area contributed by atoms with Gasteiger partial charge in [0.1, 0.15) is 0 Å². The number of amides is 1. The summed E-state index contributed by atoms with van der Waals surface area (Å²) in [7, 11) is -3.69. The molecule has 1 aliphatic rings. The molecule has 26 heavy (non-hydrogen) atoms. The summed E-state index contributed by atoms with van der Waals surface area (Å²) in [6.45, 7) is 2.45. The fourth-order valence-corrected chi connectivity index (χ4v) is 3.79. The van der Waals surface area contributed by atoms with Crippen LogP contribution in [0.4, 0.5) is 11.4 Å². The molecule has 0 aromatic heterocycles. The molecule has 8 heteroatoms. The number of anilines is 1. The minimum Gasteiger partial charge on any atom is -0.308 e. The summed E-state index contributed by atoms with van der Waals surface area (Å²) < 4.78 is 23.7. The lowest BCUT2D eigenvalue weighted by Crippen LogP contribution is -2.35. The standard InChI is InChI=1S/C18H18N2O5S/c1-12-5-6-17-13(8-12)4-3-7-19(17)18(21)14-9-15(20(22)23)11-16(10-14)26(2,24)25/h5-6,8-11H,3-4,7H2,1-2H3. The second kappa shape index (κ2) is 6.53. The third-order valence-corrected chi connectivity index (χ3v) is 5.47. The molecule has 0 bridgehead atoms. The molecule has 1 aliphatic heterocycles. The second-order valence-corrected chi connectivity index (χ2v) is 8.45. The molecule has 1 amide bonds. The van der Waals surface area contributed by atoms with E-state index in [1.54, 1.807) is 4.90 Å². The van der Waals surface area contributed by atoms with E-state index in [1.807, 2.05) is 25.1 Å². The number of carbonyl (C=O) groups is 1. The first-order chi connectivity index (χ1) is 12.2. The number of fused-ring (bicyclic) bond motifs is 1. The lowest BCUT2D eigenvalue weighted by Gasteiger charge is -2.30. The number of carbonyl (C=O) groups excluding carboxylic acids is 1. The monoisotopic (exact) mass is 374 g/mol. The molecule has 7 nitrogen and oxygen atoms in total. The van der Waals surface area contributed by atoms with Gasteiger partial charge in [0.15, 0.2) is 9.84 Å². The Labute approximate surface area is 151 Å². The van der Waals surface area contributed by atoms with E-state index in [4.69, 9.17) is 0 Å². The molecule has 0 unspecified atom stereocenters. The van der Waals surface area contributed by atoms with Gasteiger partial charge < -0.3 is 4.90 Å². The number of rotatable bonds is 3. The van der Waals surface area contributed by atoms with Crippen LogP contribution < -0.4 is 4.90 Å². The van der Waals surface area contributed by atoms with Gasteiger partial charge in [0.2, 0.25) is 0 Å². The van der Waals surface area contributed by atoms with Crippen LogP contribution in [-0.2, 0) is 16.3 Å². The molecular formula is C18H18N2O5S. The molecule has 3 rings (SSSR count). The Morgan fingerprint density at radius 1 is 1.19 bits per heavy atom. The zero-order chi connectivity index (χ0) is 19.1. The largest absolute Gasteiger partial charge is 0.308 e. The predicted molar refractivity (Wildman–Crippen MR) is 97.4 cm³/mol. The number of non-ortho nitro benzene ring substituents is 1. The molecule has 136 valence electrons. The van der Waals surface area contributed by atoms with Crippen molar-refractivity contribution in [2.24, 2.45) is 0 Å². The van der Waals surface area contributed by atoms with Gasteiger partial charge in [-0.25, -0.2) is 8.42 Å². The summed E-state index contributed by atoms with van der Waals surface area (Å²) in [5.74, 6) is -0.441. The Kier molecular flexibility index (Phi) is 4.53. The van der Waals surface area contributed by atoms with Gasteiger partial charge in [0.25, 0.3) is 11.6 Å². The normalized spacial score (nSPS) is 14.0. The van der Waals surface area contributed by atoms with Crippen molar-refractivity contribution in [2.75, 3.05) is 17.7 Å². The molecule has 2 aromatic rings. The highest BCUT2D eigenvalue weighted by Gasteiger charge is 2.26. The number of nitrogens with zero attached hydrogens (tertiary/aromatic N) is 2. The number of sulfone groups is 1. The highest BCUT2D eigenvalue weighted by atomic mass is 32.2. The molecular weight excluding hydrogens is 356 g/mol. The second-order valence-electron chi connectivity index (χ2n) is 6.44. The lowest BCUT2D eigenvalue weighted by atomic mass is 9.99. The van der Waals surface area contributed by atoms with Crippen molar-refractivity contribution < 1.29 is 18.1 Å². The van der Waals surface area contributed by atoms with Gasteiger partial charge in [0.05, 0.1) is 9.82 Å². The van der Waals surface area contributed by atoms with Gasteiger partial charge in [0, 0.05) is 36.2 Å². The quantitative estimate of drug-likeness (QED) is 0.608. The van der Waals surface area contributed by atoms with Crippen LogP contribution in [0.2, 0.25) is 0 Å². The summed E-state index contributed by atoms with van der Waals surface area (Å²) in [5, 5.41) is 11.2. The van der Waals surface area contributed by atoms with E-state index in [2.05, 4.69) is 0 Å². The fourth-order valence-electron chi connectivity index (χ4n) is 3.12. The van der Waals surface area contributed by atoms with Gasteiger partial charge in [-0.3, -0.25) is 14.9 Å². The van der Waals surface area contributed by atoms with Crippen LogP contribution in [0.1, 0.15) is 27.9 Å². The SMILES string of the molecule is Cc1ccc2c(c1)CCCN2C(=O)c1cc([N+](=O)[O-])cc(S(C)(=O)=O)c1. The average molecular weight is 374 g/mol. The molecule has 0 aliphatic carbocycles. The Balaban J connectivity index is 2.09. The third-order valence-electron chi connectivity index (χ3n) is 4.38. The van der Waals surface area contributed by atoms with E-state index in [9.17, 15) is 23.3 Å². The van der Waals surface area contributed by atoms with Crippen LogP contribution in [-0.4, -0.2) is 32.0 Å². The predicted octanol–water partition coefficient (Wildman–Crippen LogP) is 2.90. The minimum absolute atomic E-state index is 0.00644. The van der Waals surface area contributed by atoms with Crippen molar-refractivity contribution in [2.45, 2.75) is 24.7 Å². The molecule has 0 N–H and O–H groups in total. The van der Waals surface area contributed by atoms with E-state index in [-0.39, 0.29) is 10.5 Å². The van der Waals surface area contributed by atoms with Crippen LogP contribution >= 0.6 is 0 Å². The fraction of sp³-hybridized carbons (Fsp3) is 0.278. The number of hydrogen-bond acceptors (Lipinski definition) is 5. The summed E-state index contributed by atoms with van der Waals surface area (Å²) in [6.07, 6.45) is 2.58. The van der Waals surface area contributed by atoms with E-state index in [0.29, 0.717) is 6.54 Å². The molecule has 0 atom stereocenters. The first kappa shape index (κ1) is 18.1. The smallest absolute Gasteiger partial charge is 0.271 e. The molecule has 2 aromatic carbocycles. The summed E-state index contributed by atoms with van der Waals surface area (Å²) >= 11 is 0. The van der Waals surface area contributed by atoms with Crippen molar-refractivity contribution in [1.29, 1.82) is 0 Å². The number of hydrogen-bond donors (Lipinski definition) is 0. The van der Waals surface area contributed by atoms with Gasteiger partial charge in [-0.1, -0.05) is 17.7 Å². The van der Waals surface area contributed by atoms with Gasteiger partial charge >= 0.3 is 0 Å². The van der Waals surface area contributed by atoms with Crippen LogP contribution in [0, 0.1) is 17.0 Å². The Morgan fingerprint density at radius 3 is 2.58 bits per heavy atom. The average Bonchev–Trinajstić information content (AvgIpc) is 2.59. The Morgan fingerprint density at radius 2 is 1.92 bits per heavy atom. The minimum atomic E-state index is -3.69. The van der Waals surface area contributed by atoms with E-state index in [0.717, 1.165) is 48.0 Å². The van der Waals surface area contributed by atoms with Crippen molar-refractivity contribution in [3.8, 4) is 0 Å². The van der Waals surface area contributed by atoms with Gasteiger partial charge in [-0.2, -0.15) is 0 Å². The van der Waals surface area contributed by atoms with E-state index < -0.39 is 26.4 Å². The summed E-state index contributed by atoms with van der Waals surface area (Å²) in [4.78, 5) is 24.8. The van der Waals surface area contributed by atoms with Crippen molar-refractivity contribution in [3.05, 3.63) is 63.2 Å². The number of nitro benzene ring substituents is 1. The van der Waals surface area contributed by atoms with E-state index in [1.165, 1.54) is 6.07 Å².